The van der Waals surface area contributed by atoms with Crippen molar-refractivity contribution in [3.05, 3.63) is 65.5 Å². The molecule has 1 amide bonds. The van der Waals surface area contributed by atoms with Gasteiger partial charge in [0.1, 0.15) is 12.3 Å². The van der Waals surface area contributed by atoms with Gasteiger partial charge >= 0.3 is 0 Å². The summed E-state index contributed by atoms with van der Waals surface area (Å²) in [5.74, 6) is 5.34. The molecule has 4 nitrogen and oxygen atoms in total. The minimum absolute atomic E-state index is 0.123. The maximum atomic E-state index is 12.2. The van der Waals surface area contributed by atoms with Gasteiger partial charge in [-0.3, -0.25) is 9.78 Å². The van der Waals surface area contributed by atoms with Gasteiger partial charge in [-0.15, -0.1) is 0 Å². The van der Waals surface area contributed by atoms with Crippen LogP contribution in [0.3, 0.4) is 0 Å². The highest BCUT2D eigenvalue weighted by Crippen LogP contribution is 2.09. The van der Waals surface area contributed by atoms with Crippen molar-refractivity contribution in [2.24, 2.45) is 0 Å². The molecular formula is C17H16N2O2. The van der Waals surface area contributed by atoms with Gasteiger partial charge in [-0.25, -0.2) is 0 Å². The molecule has 0 unspecified atom stereocenters. The van der Waals surface area contributed by atoms with Gasteiger partial charge in [-0.2, -0.15) is 0 Å². The van der Waals surface area contributed by atoms with E-state index >= 15 is 0 Å². The first-order chi connectivity index (χ1) is 10.2. The van der Waals surface area contributed by atoms with Crippen molar-refractivity contribution in [1.29, 1.82) is 0 Å². The van der Waals surface area contributed by atoms with Gasteiger partial charge in [0.05, 0.1) is 0 Å². The molecule has 0 spiro atoms. The molecular weight excluding hydrogens is 264 g/mol. The Balaban J connectivity index is 2.09. The fourth-order valence-electron chi connectivity index (χ4n) is 1.92. The number of hydrogen-bond donors (Lipinski definition) is 1. The Labute approximate surface area is 124 Å². The fourth-order valence-corrected chi connectivity index (χ4v) is 1.92. The van der Waals surface area contributed by atoms with Crippen molar-refractivity contribution in [2.45, 2.75) is 6.54 Å². The lowest BCUT2D eigenvalue weighted by Gasteiger charge is -2.16. The molecule has 0 bridgehead atoms. The Kier molecular flexibility index (Phi) is 5.08. The third-order valence-electron chi connectivity index (χ3n) is 2.89. The topological polar surface area (TPSA) is 53.4 Å². The molecule has 21 heavy (non-hydrogen) atoms. The molecule has 0 radical (unpaired) electrons. The molecule has 1 aromatic carbocycles. The van der Waals surface area contributed by atoms with Crippen LogP contribution in [0.1, 0.15) is 21.6 Å². The molecule has 1 aromatic heterocycles. The maximum absolute atomic E-state index is 12.2. The number of pyridine rings is 1. The van der Waals surface area contributed by atoms with Gasteiger partial charge in [0.15, 0.2) is 0 Å². The predicted molar refractivity (Wildman–Crippen MR) is 80.4 cm³/mol. The number of aromatic nitrogens is 1. The van der Waals surface area contributed by atoms with Crippen LogP contribution in [0.25, 0.3) is 0 Å². The molecule has 4 heteroatoms. The van der Waals surface area contributed by atoms with E-state index < -0.39 is 0 Å². The van der Waals surface area contributed by atoms with E-state index in [-0.39, 0.29) is 12.5 Å². The van der Waals surface area contributed by atoms with Gasteiger partial charge < -0.3 is 10.0 Å². The van der Waals surface area contributed by atoms with Crippen LogP contribution in [0.15, 0.2) is 48.7 Å². The second-order valence-electron chi connectivity index (χ2n) is 4.54. The van der Waals surface area contributed by atoms with E-state index in [4.69, 9.17) is 5.11 Å². The zero-order chi connectivity index (χ0) is 15.1. The van der Waals surface area contributed by atoms with E-state index in [1.54, 1.807) is 36.3 Å². The predicted octanol–water partition coefficient (Wildman–Crippen LogP) is 1.70. The molecule has 2 rings (SSSR count). The van der Waals surface area contributed by atoms with Crippen LogP contribution in [0, 0.1) is 11.8 Å². The zero-order valence-electron chi connectivity index (χ0n) is 11.8. The lowest BCUT2D eigenvalue weighted by Crippen LogP contribution is -2.26. The fraction of sp³-hybridized carbons (Fsp3) is 0.176. The molecule has 0 aliphatic carbocycles. The Morgan fingerprint density at radius 3 is 2.86 bits per heavy atom. The quantitative estimate of drug-likeness (QED) is 0.871. The van der Waals surface area contributed by atoms with Crippen molar-refractivity contribution in [1.82, 2.24) is 9.88 Å². The van der Waals surface area contributed by atoms with Crippen LogP contribution in [-0.2, 0) is 6.54 Å². The third-order valence-corrected chi connectivity index (χ3v) is 2.89. The van der Waals surface area contributed by atoms with E-state index in [1.807, 2.05) is 24.3 Å². The van der Waals surface area contributed by atoms with Gasteiger partial charge in [0.25, 0.3) is 5.91 Å². The highest BCUT2D eigenvalue weighted by atomic mass is 16.2. The average molecular weight is 280 g/mol. The van der Waals surface area contributed by atoms with Crippen LogP contribution in [0.2, 0.25) is 0 Å². The average Bonchev–Trinajstić information content (AvgIpc) is 2.53. The van der Waals surface area contributed by atoms with Crippen molar-refractivity contribution in [3.8, 4) is 11.8 Å². The summed E-state index contributed by atoms with van der Waals surface area (Å²) in [6.07, 6.45) is 1.60. The molecule has 0 saturated heterocycles. The first kappa shape index (κ1) is 14.8. The molecule has 0 saturated carbocycles. The lowest BCUT2D eigenvalue weighted by atomic mass is 10.1. The molecule has 1 N–H and O–H groups in total. The monoisotopic (exact) mass is 280 g/mol. The Hall–Kier alpha value is -2.64. The number of benzene rings is 1. The molecule has 1 heterocycles. The number of aliphatic hydroxyl groups excluding tert-OH is 1. The summed E-state index contributed by atoms with van der Waals surface area (Å²) in [4.78, 5) is 17.9. The molecule has 0 aliphatic rings. The van der Waals surface area contributed by atoms with Crippen molar-refractivity contribution in [3.63, 3.8) is 0 Å². The normalized spacial score (nSPS) is 9.62. The van der Waals surface area contributed by atoms with Crippen molar-refractivity contribution in [2.75, 3.05) is 13.7 Å². The van der Waals surface area contributed by atoms with Crippen molar-refractivity contribution < 1.29 is 9.90 Å². The van der Waals surface area contributed by atoms with E-state index in [0.29, 0.717) is 12.2 Å². The Bertz CT molecular complexity index is 672. The van der Waals surface area contributed by atoms with E-state index in [1.165, 1.54) is 0 Å². The summed E-state index contributed by atoms with van der Waals surface area (Å²) in [5, 5.41) is 8.71. The van der Waals surface area contributed by atoms with Gasteiger partial charge in [-0.05, 0) is 29.8 Å². The summed E-state index contributed by atoms with van der Waals surface area (Å²) in [7, 11) is 1.74. The molecule has 0 atom stereocenters. The number of hydrogen-bond acceptors (Lipinski definition) is 3. The van der Waals surface area contributed by atoms with Gasteiger partial charge in [0, 0.05) is 25.4 Å². The number of rotatable bonds is 3. The molecule has 0 aliphatic heterocycles. The minimum atomic E-state index is -0.164. The largest absolute Gasteiger partial charge is 0.384 e. The van der Waals surface area contributed by atoms with Crippen LogP contribution in [0.5, 0.6) is 0 Å². The van der Waals surface area contributed by atoms with Gasteiger partial charge in [0.2, 0.25) is 0 Å². The Morgan fingerprint density at radius 1 is 1.29 bits per heavy atom. The summed E-state index contributed by atoms with van der Waals surface area (Å²) in [6, 6.07) is 12.9. The summed E-state index contributed by atoms with van der Waals surface area (Å²) >= 11 is 0. The summed E-state index contributed by atoms with van der Waals surface area (Å²) < 4.78 is 0. The lowest BCUT2D eigenvalue weighted by molar-refractivity contribution is 0.0779. The zero-order valence-corrected chi connectivity index (χ0v) is 11.8. The van der Waals surface area contributed by atoms with Crippen LogP contribution >= 0.6 is 0 Å². The standard InChI is InChI=1S/C17H16N2O2/c1-19(17(21)16-9-2-3-10-18-16)13-15-7-4-6-14(12-15)8-5-11-20/h2-4,6-7,9-10,12,20H,11,13H2,1H3. The molecule has 2 aromatic rings. The number of carbonyl (C=O) groups excluding carboxylic acids is 1. The second-order valence-corrected chi connectivity index (χ2v) is 4.54. The first-order valence-electron chi connectivity index (χ1n) is 6.56. The van der Waals surface area contributed by atoms with Crippen LogP contribution < -0.4 is 0 Å². The summed E-state index contributed by atoms with van der Waals surface area (Å²) in [5.41, 5.74) is 2.22. The number of nitrogens with zero attached hydrogens (tertiary/aromatic N) is 2. The van der Waals surface area contributed by atoms with Gasteiger partial charge in [-0.1, -0.05) is 30.0 Å². The first-order valence-corrected chi connectivity index (χ1v) is 6.56. The van der Waals surface area contributed by atoms with E-state index in [9.17, 15) is 4.79 Å². The number of amides is 1. The molecule has 0 fully saturated rings. The van der Waals surface area contributed by atoms with E-state index in [2.05, 4.69) is 16.8 Å². The second kappa shape index (κ2) is 7.22. The number of aliphatic hydroxyl groups is 1. The SMILES string of the molecule is CN(Cc1cccc(C#CCO)c1)C(=O)c1ccccn1. The van der Waals surface area contributed by atoms with E-state index in [0.717, 1.165) is 11.1 Å². The summed E-state index contributed by atoms with van der Waals surface area (Å²) in [6.45, 7) is 0.312. The minimum Gasteiger partial charge on any atom is -0.384 e. The maximum Gasteiger partial charge on any atom is 0.272 e. The highest BCUT2D eigenvalue weighted by Gasteiger charge is 2.12. The van der Waals surface area contributed by atoms with Crippen LogP contribution in [0.4, 0.5) is 0 Å². The third kappa shape index (κ3) is 4.16. The molecule has 106 valence electrons. The smallest absolute Gasteiger partial charge is 0.272 e. The van der Waals surface area contributed by atoms with Crippen LogP contribution in [-0.4, -0.2) is 34.6 Å². The Morgan fingerprint density at radius 2 is 2.14 bits per heavy atom. The highest BCUT2D eigenvalue weighted by molar-refractivity contribution is 5.91. The number of carbonyl (C=O) groups is 1. The van der Waals surface area contributed by atoms with Crippen molar-refractivity contribution >= 4 is 5.91 Å².